The smallest absolute Gasteiger partial charge is 0.151 e. The maximum atomic E-state index is 9.62. The van der Waals surface area contributed by atoms with Gasteiger partial charge in [0.15, 0.2) is 6.23 Å². The van der Waals surface area contributed by atoms with Crippen molar-refractivity contribution in [3.8, 4) is 0 Å². The van der Waals surface area contributed by atoms with Crippen LogP contribution in [-0.4, -0.2) is 10.1 Å². The Labute approximate surface area is 77.1 Å². The standard InChI is InChI=1S/C10H12N2O/c1-6-5-9-8(7(2)12-6)3-4-11-10(9)13/h3-5,10-11,13H,1-2H3. The van der Waals surface area contributed by atoms with Gasteiger partial charge in [0.25, 0.3) is 0 Å². The lowest BCUT2D eigenvalue weighted by atomic mass is 10.0. The van der Waals surface area contributed by atoms with Crippen molar-refractivity contribution in [3.63, 3.8) is 0 Å². The minimum absolute atomic E-state index is 0.597. The van der Waals surface area contributed by atoms with Crippen LogP contribution in [0.2, 0.25) is 0 Å². The lowest BCUT2D eigenvalue weighted by molar-refractivity contribution is 0.154. The Morgan fingerprint density at radius 1 is 1.46 bits per heavy atom. The molecule has 0 saturated heterocycles. The maximum Gasteiger partial charge on any atom is 0.151 e. The molecule has 0 aromatic carbocycles. The van der Waals surface area contributed by atoms with Gasteiger partial charge in [0.1, 0.15) is 0 Å². The third kappa shape index (κ3) is 1.31. The van der Waals surface area contributed by atoms with Gasteiger partial charge in [-0.3, -0.25) is 4.98 Å². The van der Waals surface area contributed by atoms with Crippen LogP contribution < -0.4 is 5.32 Å². The minimum atomic E-state index is -0.597. The van der Waals surface area contributed by atoms with E-state index in [0.717, 1.165) is 22.5 Å². The second-order valence-electron chi connectivity index (χ2n) is 3.25. The number of aliphatic hydroxyl groups is 1. The Bertz CT molecular complexity index is 371. The zero-order valence-corrected chi connectivity index (χ0v) is 7.70. The molecule has 3 heteroatoms. The summed E-state index contributed by atoms with van der Waals surface area (Å²) in [6.07, 6.45) is 3.08. The van der Waals surface area contributed by atoms with Gasteiger partial charge in [-0.2, -0.15) is 0 Å². The normalized spacial score (nSPS) is 19.5. The van der Waals surface area contributed by atoms with Gasteiger partial charge in [-0.15, -0.1) is 0 Å². The topological polar surface area (TPSA) is 45.2 Å². The van der Waals surface area contributed by atoms with Crippen LogP contribution in [-0.2, 0) is 0 Å². The van der Waals surface area contributed by atoms with Crippen LogP contribution in [0.25, 0.3) is 6.08 Å². The minimum Gasteiger partial charge on any atom is -0.369 e. The number of nitrogens with one attached hydrogen (secondary N) is 1. The van der Waals surface area contributed by atoms with Gasteiger partial charge >= 0.3 is 0 Å². The van der Waals surface area contributed by atoms with Crippen molar-refractivity contribution >= 4 is 6.08 Å². The van der Waals surface area contributed by atoms with E-state index in [2.05, 4.69) is 10.3 Å². The summed E-state index contributed by atoms with van der Waals surface area (Å²) in [6, 6.07) is 1.91. The van der Waals surface area contributed by atoms with E-state index < -0.39 is 6.23 Å². The molecule has 0 spiro atoms. The van der Waals surface area contributed by atoms with Gasteiger partial charge < -0.3 is 10.4 Å². The molecule has 0 aliphatic carbocycles. The van der Waals surface area contributed by atoms with Crippen LogP contribution in [0.3, 0.4) is 0 Å². The molecule has 0 radical (unpaired) electrons. The summed E-state index contributed by atoms with van der Waals surface area (Å²) in [5.74, 6) is 0. The molecule has 3 nitrogen and oxygen atoms in total. The number of aromatic nitrogens is 1. The molecule has 1 aliphatic rings. The predicted octanol–water partition coefficient (Wildman–Crippen LogP) is 1.26. The molecule has 1 unspecified atom stereocenters. The monoisotopic (exact) mass is 176 g/mol. The number of pyridine rings is 1. The van der Waals surface area contributed by atoms with Crippen LogP contribution in [0.4, 0.5) is 0 Å². The van der Waals surface area contributed by atoms with Crippen LogP contribution in [0, 0.1) is 13.8 Å². The average molecular weight is 176 g/mol. The summed E-state index contributed by atoms with van der Waals surface area (Å²) >= 11 is 0. The number of aryl methyl sites for hydroxylation is 2. The molecule has 1 aromatic heterocycles. The Balaban J connectivity index is 2.64. The fraction of sp³-hybridized carbons (Fsp3) is 0.300. The first-order valence-corrected chi connectivity index (χ1v) is 4.27. The van der Waals surface area contributed by atoms with Crippen molar-refractivity contribution in [2.75, 3.05) is 0 Å². The lowest BCUT2D eigenvalue weighted by Crippen LogP contribution is -2.20. The van der Waals surface area contributed by atoms with E-state index in [1.807, 2.05) is 26.0 Å². The number of nitrogens with zero attached hydrogens (tertiary/aromatic N) is 1. The molecule has 0 bridgehead atoms. The van der Waals surface area contributed by atoms with Gasteiger partial charge in [0, 0.05) is 22.5 Å². The summed E-state index contributed by atoms with van der Waals surface area (Å²) in [6.45, 7) is 3.88. The molecule has 1 aliphatic heterocycles. The fourth-order valence-electron chi connectivity index (χ4n) is 1.62. The highest BCUT2D eigenvalue weighted by Gasteiger charge is 2.15. The third-order valence-corrected chi connectivity index (χ3v) is 2.21. The quantitative estimate of drug-likeness (QED) is 0.625. The van der Waals surface area contributed by atoms with Gasteiger partial charge in [-0.25, -0.2) is 0 Å². The van der Waals surface area contributed by atoms with E-state index >= 15 is 0 Å². The van der Waals surface area contributed by atoms with Crippen LogP contribution in [0.5, 0.6) is 0 Å². The molecule has 0 amide bonds. The second-order valence-corrected chi connectivity index (χ2v) is 3.25. The molecular formula is C10H12N2O. The number of fused-ring (bicyclic) bond motifs is 1. The highest BCUT2D eigenvalue weighted by atomic mass is 16.3. The summed E-state index contributed by atoms with van der Waals surface area (Å²) in [4.78, 5) is 4.33. The molecule has 2 N–H and O–H groups in total. The Kier molecular flexibility index (Phi) is 1.81. The van der Waals surface area contributed by atoms with Crippen molar-refractivity contribution < 1.29 is 5.11 Å². The Hall–Kier alpha value is -1.35. The highest BCUT2D eigenvalue weighted by Crippen LogP contribution is 2.23. The summed E-state index contributed by atoms with van der Waals surface area (Å²) in [7, 11) is 0. The molecule has 68 valence electrons. The van der Waals surface area contributed by atoms with E-state index in [0.29, 0.717) is 0 Å². The van der Waals surface area contributed by atoms with E-state index in [1.165, 1.54) is 0 Å². The summed E-state index contributed by atoms with van der Waals surface area (Å²) in [5, 5.41) is 12.5. The summed E-state index contributed by atoms with van der Waals surface area (Å²) < 4.78 is 0. The van der Waals surface area contributed by atoms with Crippen LogP contribution in [0.1, 0.15) is 28.7 Å². The van der Waals surface area contributed by atoms with E-state index in [4.69, 9.17) is 0 Å². The average Bonchev–Trinajstić information content (AvgIpc) is 2.07. The first-order chi connectivity index (χ1) is 6.18. The fourth-order valence-corrected chi connectivity index (χ4v) is 1.62. The largest absolute Gasteiger partial charge is 0.369 e. The first kappa shape index (κ1) is 8.26. The number of hydrogen-bond donors (Lipinski definition) is 2. The van der Waals surface area contributed by atoms with E-state index in [-0.39, 0.29) is 0 Å². The Morgan fingerprint density at radius 3 is 3.00 bits per heavy atom. The van der Waals surface area contributed by atoms with Crippen LogP contribution in [0.15, 0.2) is 12.3 Å². The maximum absolute atomic E-state index is 9.62. The van der Waals surface area contributed by atoms with Crippen molar-refractivity contribution in [2.24, 2.45) is 0 Å². The van der Waals surface area contributed by atoms with Gasteiger partial charge in [-0.05, 0) is 32.2 Å². The van der Waals surface area contributed by atoms with Crippen molar-refractivity contribution in [3.05, 3.63) is 34.8 Å². The molecule has 2 heterocycles. The summed E-state index contributed by atoms with van der Waals surface area (Å²) in [5.41, 5.74) is 3.84. The third-order valence-electron chi connectivity index (χ3n) is 2.21. The molecule has 2 rings (SSSR count). The number of rotatable bonds is 0. The van der Waals surface area contributed by atoms with Crippen molar-refractivity contribution in [2.45, 2.75) is 20.1 Å². The molecular weight excluding hydrogens is 164 g/mol. The zero-order valence-electron chi connectivity index (χ0n) is 7.70. The lowest BCUT2D eigenvalue weighted by Gasteiger charge is -2.20. The van der Waals surface area contributed by atoms with Gasteiger partial charge in [0.2, 0.25) is 0 Å². The number of hydrogen-bond acceptors (Lipinski definition) is 3. The molecule has 0 saturated carbocycles. The molecule has 0 fully saturated rings. The first-order valence-electron chi connectivity index (χ1n) is 4.27. The molecule has 1 atom stereocenters. The van der Waals surface area contributed by atoms with E-state index in [1.54, 1.807) is 6.20 Å². The van der Waals surface area contributed by atoms with Gasteiger partial charge in [-0.1, -0.05) is 0 Å². The molecule has 13 heavy (non-hydrogen) atoms. The van der Waals surface area contributed by atoms with Crippen molar-refractivity contribution in [1.29, 1.82) is 0 Å². The Morgan fingerprint density at radius 2 is 2.23 bits per heavy atom. The SMILES string of the molecule is Cc1cc2c(c(C)n1)C=CNC2O. The zero-order chi connectivity index (χ0) is 9.42. The van der Waals surface area contributed by atoms with Gasteiger partial charge in [0.05, 0.1) is 0 Å². The second kappa shape index (κ2) is 2.85. The van der Waals surface area contributed by atoms with Crippen LogP contribution >= 0.6 is 0 Å². The number of aliphatic hydroxyl groups excluding tert-OH is 1. The predicted molar refractivity (Wildman–Crippen MR) is 50.8 cm³/mol. The van der Waals surface area contributed by atoms with E-state index in [9.17, 15) is 5.11 Å². The molecule has 1 aromatic rings. The van der Waals surface area contributed by atoms with Crippen molar-refractivity contribution in [1.82, 2.24) is 10.3 Å². The highest BCUT2D eigenvalue weighted by molar-refractivity contribution is 5.58.